The molecule has 0 fully saturated rings. The van der Waals surface area contributed by atoms with E-state index in [1.165, 1.54) is 19.2 Å². The molecule has 126 valence electrons. The van der Waals surface area contributed by atoms with E-state index in [0.29, 0.717) is 22.5 Å². The van der Waals surface area contributed by atoms with Crippen LogP contribution in [0.3, 0.4) is 0 Å². The predicted molar refractivity (Wildman–Crippen MR) is 89.7 cm³/mol. The van der Waals surface area contributed by atoms with Crippen LogP contribution in [0.1, 0.15) is 20.8 Å². The second-order valence-electron chi connectivity index (χ2n) is 5.20. The van der Waals surface area contributed by atoms with Gasteiger partial charge in [0.1, 0.15) is 11.5 Å². The molecule has 6 nitrogen and oxygen atoms in total. The van der Waals surface area contributed by atoms with Crippen LogP contribution >= 0.6 is 0 Å². The van der Waals surface area contributed by atoms with E-state index >= 15 is 0 Å². The number of benzene rings is 2. The number of methoxy groups -OCH3 is 1. The van der Waals surface area contributed by atoms with Crippen molar-refractivity contribution in [3.8, 4) is 11.3 Å². The number of halogens is 1. The second-order valence-corrected chi connectivity index (χ2v) is 5.20. The van der Waals surface area contributed by atoms with E-state index in [4.69, 9.17) is 0 Å². The second kappa shape index (κ2) is 6.96. The van der Waals surface area contributed by atoms with Crippen molar-refractivity contribution in [2.75, 3.05) is 12.4 Å². The Labute approximate surface area is 142 Å². The Hall–Kier alpha value is -3.48. The van der Waals surface area contributed by atoms with Gasteiger partial charge < -0.3 is 10.1 Å². The van der Waals surface area contributed by atoms with E-state index in [1.54, 1.807) is 42.5 Å². The molecule has 3 aromatic rings. The van der Waals surface area contributed by atoms with Crippen LogP contribution in [-0.2, 0) is 4.74 Å². The third-order valence-corrected chi connectivity index (χ3v) is 3.53. The van der Waals surface area contributed by atoms with Crippen LogP contribution in [0.4, 0.5) is 10.1 Å². The van der Waals surface area contributed by atoms with Gasteiger partial charge in [0.15, 0.2) is 0 Å². The molecule has 7 heteroatoms. The topological polar surface area (TPSA) is 84.1 Å². The minimum Gasteiger partial charge on any atom is -0.465 e. The summed E-state index contributed by atoms with van der Waals surface area (Å²) in [5, 5.41) is 9.40. The van der Waals surface area contributed by atoms with Crippen molar-refractivity contribution in [3.63, 3.8) is 0 Å². The fourth-order valence-corrected chi connectivity index (χ4v) is 2.21. The molecule has 2 N–H and O–H groups in total. The number of aromatic amines is 1. The minimum atomic E-state index is -0.449. The Morgan fingerprint density at radius 2 is 1.76 bits per heavy atom. The summed E-state index contributed by atoms with van der Waals surface area (Å²) >= 11 is 0. The number of H-pyrrole nitrogens is 1. The van der Waals surface area contributed by atoms with Gasteiger partial charge in [0.2, 0.25) is 0 Å². The summed E-state index contributed by atoms with van der Waals surface area (Å²) in [6, 6.07) is 13.7. The predicted octanol–water partition coefficient (Wildman–Crippen LogP) is 3.25. The van der Waals surface area contributed by atoms with E-state index in [-0.39, 0.29) is 17.4 Å². The fraction of sp³-hybridized carbons (Fsp3) is 0.0556. The van der Waals surface area contributed by atoms with Gasteiger partial charge in [-0.25, -0.2) is 9.18 Å². The lowest BCUT2D eigenvalue weighted by Crippen LogP contribution is -2.12. The maximum absolute atomic E-state index is 13.0. The quantitative estimate of drug-likeness (QED) is 0.715. The van der Waals surface area contributed by atoms with Gasteiger partial charge in [0.25, 0.3) is 5.91 Å². The summed E-state index contributed by atoms with van der Waals surface area (Å²) in [6.07, 6.45) is 0. The summed E-state index contributed by atoms with van der Waals surface area (Å²) in [5.74, 6) is -1.17. The van der Waals surface area contributed by atoms with Crippen LogP contribution in [0.15, 0.2) is 54.6 Å². The molecule has 0 aliphatic rings. The van der Waals surface area contributed by atoms with E-state index in [9.17, 15) is 14.0 Å². The molecular weight excluding hydrogens is 325 g/mol. The summed E-state index contributed by atoms with van der Waals surface area (Å²) in [7, 11) is 1.30. The van der Waals surface area contributed by atoms with Crippen LogP contribution in [0.25, 0.3) is 11.3 Å². The van der Waals surface area contributed by atoms with Gasteiger partial charge >= 0.3 is 5.97 Å². The maximum atomic E-state index is 13.0. The zero-order valence-electron chi connectivity index (χ0n) is 13.2. The number of carbonyl (C=O) groups is 2. The fourth-order valence-electron chi connectivity index (χ4n) is 2.21. The number of nitrogens with zero attached hydrogens (tertiary/aromatic N) is 1. The monoisotopic (exact) mass is 339 g/mol. The first-order valence-corrected chi connectivity index (χ1v) is 7.38. The first-order chi connectivity index (χ1) is 12.1. The van der Waals surface area contributed by atoms with Crippen LogP contribution in [0, 0.1) is 5.82 Å². The van der Waals surface area contributed by atoms with E-state index in [1.807, 2.05) is 0 Å². The largest absolute Gasteiger partial charge is 0.465 e. The van der Waals surface area contributed by atoms with Crippen molar-refractivity contribution in [1.82, 2.24) is 10.2 Å². The summed E-state index contributed by atoms with van der Waals surface area (Å²) in [5.41, 5.74) is 2.40. The van der Waals surface area contributed by atoms with Crippen LogP contribution in [0.2, 0.25) is 0 Å². The van der Waals surface area contributed by atoms with Gasteiger partial charge in [-0.2, -0.15) is 5.10 Å². The first-order valence-electron chi connectivity index (χ1n) is 7.38. The number of anilines is 1. The molecule has 1 aromatic heterocycles. The zero-order valence-corrected chi connectivity index (χ0v) is 13.2. The lowest BCUT2D eigenvalue weighted by molar-refractivity contribution is 0.0600. The summed E-state index contributed by atoms with van der Waals surface area (Å²) in [4.78, 5) is 23.6. The molecule has 0 aliphatic carbocycles. The van der Waals surface area contributed by atoms with Crippen LogP contribution in [-0.4, -0.2) is 29.2 Å². The smallest absolute Gasteiger partial charge is 0.337 e. The van der Waals surface area contributed by atoms with Crippen LogP contribution in [0.5, 0.6) is 0 Å². The van der Waals surface area contributed by atoms with Gasteiger partial charge in [-0.15, -0.1) is 0 Å². The molecule has 1 heterocycles. The van der Waals surface area contributed by atoms with Crippen molar-refractivity contribution in [3.05, 3.63) is 71.7 Å². The summed E-state index contributed by atoms with van der Waals surface area (Å²) in [6.45, 7) is 0. The van der Waals surface area contributed by atoms with E-state index in [0.717, 1.165) is 0 Å². The average molecular weight is 339 g/mol. The molecule has 0 saturated carbocycles. The molecule has 0 saturated heterocycles. The highest BCUT2D eigenvalue weighted by Crippen LogP contribution is 2.19. The Bertz CT molecular complexity index is 902. The highest BCUT2D eigenvalue weighted by Gasteiger charge is 2.12. The summed E-state index contributed by atoms with van der Waals surface area (Å²) < 4.78 is 17.6. The van der Waals surface area contributed by atoms with Crippen molar-refractivity contribution in [2.45, 2.75) is 0 Å². The lowest BCUT2D eigenvalue weighted by atomic mass is 10.1. The van der Waals surface area contributed by atoms with Crippen LogP contribution < -0.4 is 5.32 Å². The van der Waals surface area contributed by atoms with E-state index < -0.39 is 5.97 Å². The van der Waals surface area contributed by atoms with Crippen molar-refractivity contribution in [1.29, 1.82) is 0 Å². The molecule has 0 atom stereocenters. The molecule has 0 radical (unpaired) electrons. The maximum Gasteiger partial charge on any atom is 0.337 e. The van der Waals surface area contributed by atoms with Crippen molar-refractivity contribution in [2.24, 2.45) is 0 Å². The highest BCUT2D eigenvalue weighted by molar-refractivity contribution is 6.03. The van der Waals surface area contributed by atoms with Gasteiger partial charge in [-0.05, 0) is 54.6 Å². The van der Waals surface area contributed by atoms with Gasteiger partial charge in [-0.3, -0.25) is 9.89 Å². The number of hydrogen-bond acceptors (Lipinski definition) is 4. The molecule has 25 heavy (non-hydrogen) atoms. The molecule has 0 bridgehead atoms. The Balaban J connectivity index is 1.71. The molecule has 1 amide bonds. The van der Waals surface area contributed by atoms with Crippen molar-refractivity contribution >= 4 is 17.6 Å². The number of ether oxygens (including phenoxy) is 1. The normalized spacial score (nSPS) is 10.3. The van der Waals surface area contributed by atoms with Gasteiger partial charge in [0, 0.05) is 11.3 Å². The molecule has 0 unspecified atom stereocenters. The number of rotatable bonds is 4. The Morgan fingerprint density at radius 3 is 2.40 bits per heavy atom. The lowest BCUT2D eigenvalue weighted by Gasteiger charge is -2.04. The molecule has 2 aromatic carbocycles. The van der Waals surface area contributed by atoms with Gasteiger partial charge in [0.05, 0.1) is 18.4 Å². The first kappa shape index (κ1) is 16.4. The Kier molecular flexibility index (Phi) is 4.56. The number of hydrogen-bond donors (Lipinski definition) is 2. The molecule has 0 aliphatic heterocycles. The molecular formula is C18H14FN3O3. The number of aromatic nitrogens is 2. The number of esters is 1. The average Bonchev–Trinajstić information content (AvgIpc) is 3.12. The SMILES string of the molecule is COC(=O)c1ccc(NC(=O)c2cc(-c3ccc(F)cc3)n[nH]2)cc1. The third-order valence-electron chi connectivity index (χ3n) is 3.53. The number of amides is 1. The van der Waals surface area contributed by atoms with E-state index in [2.05, 4.69) is 20.3 Å². The number of nitrogens with one attached hydrogen (secondary N) is 2. The van der Waals surface area contributed by atoms with Crippen molar-refractivity contribution < 1.29 is 18.7 Å². The number of carbonyl (C=O) groups excluding carboxylic acids is 2. The van der Waals surface area contributed by atoms with Gasteiger partial charge in [-0.1, -0.05) is 0 Å². The standard InChI is InChI=1S/C18H14FN3O3/c1-25-18(24)12-4-8-14(9-5-12)20-17(23)16-10-15(21-22-16)11-2-6-13(19)7-3-11/h2-10H,1H3,(H,20,23)(H,21,22). The zero-order chi connectivity index (χ0) is 17.8. The highest BCUT2D eigenvalue weighted by atomic mass is 19.1. The molecule has 0 spiro atoms. The molecule has 3 rings (SSSR count). The minimum absolute atomic E-state index is 0.261. The third kappa shape index (κ3) is 3.72. The Morgan fingerprint density at radius 1 is 1.08 bits per heavy atom.